The van der Waals surface area contributed by atoms with E-state index in [0.717, 1.165) is 40.4 Å². The van der Waals surface area contributed by atoms with Gasteiger partial charge in [0.2, 0.25) is 0 Å². The molecule has 6 nitrogen and oxygen atoms in total. The fraction of sp³-hybridized carbons (Fsp3) is 0.304. The summed E-state index contributed by atoms with van der Waals surface area (Å²) in [5.74, 6) is 1.38. The van der Waals surface area contributed by atoms with Crippen LogP contribution in [0.25, 0.3) is 0 Å². The lowest BCUT2D eigenvalue weighted by Crippen LogP contribution is -2.44. The fourth-order valence-corrected chi connectivity index (χ4v) is 4.44. The van der Waals surface area contributed by atoms with Gasteiger partial charge in [0.05, 0.1) is 23.4 Å². The zero-order valence-corrected chi connectivity index (χ0v) is 17.7. The lowest BCUT2D eigenvalue weighted by molar-refractivity contribution is 0.0666. The molecule has 0 saturated heterocycles. The van der Waals surface area contributed by atoms with Crippen LogP contribution in [0.2, 0.25) is 0 Å². The normalized spacial score (nSPS) is 18.0. The predicted octanol–water partition coefficient (Wildman–Crippen LogP) is 4.77. The maximum absolute atomic E-state index is 13.2. The first kappa shape index (κ1) is 18.9. The van der Waals surface area contributed by atoms with E-state index in [4.69, 9.17) is 9.47 Å². The average molecular weight is 422 g/mol. The van der Waals surface area contributed by atoms with Crippen LogP contribution in [-0.2, 0) is 6.61 Å². The van der Waals surface area contributed by atoms with Crippen LogP contribution < -0.4 is 14.8 Å². The quantitative estimate of drug-likeness (QED) is 0.621. The number of anilines is 1. The Morgan fingerprint density at radius 1 is 1.20 bits per heavy atom. The minimum atomic E-state index is -0.232. The van der Waals surface area contributed by atoms with Crippen LogP contribution in [0.4, 0.5) is 5.69 Å². The number of methoxy groups -OCH3 is 1. The summed E-state index contributed by atoms with van der Waals surface area (Å²) in [4.78, 5) is 19.6. The number of nitrogens with one attached hydrogen (secondary N) is 1. The molecule has 1 amide bonds. The minimum Gasteiger partial charge on any atom is -0.493 e. The summed E-state index contributed by atoms with van der Waals surface area (Å²) < 4.78 is 11.6. The monoisotopic (exact) mass is 421 g/mol. The van der Waals surface area contributed by atoms with Crippen LogP contribution in [-0.4, -0.2) is 28.9 Å². The van der Waals surface area contributed by atoms with E-state index in [1.165, 1.54) is 0 Å². The molecule has 1 aliphatic carbocycles. The Kier molecular flexibility index (Phi) is 4.83. The second-order valence-corrected chi connectivity index (χ2v) is 8.66. The number of carbonyl (C=O) groups excluding carboxylic acids is 1. The molecule has 5 rings (SSSR count). The number of nitrogens with zero attached hydrogens (tertiary/aromatic N) is 2. The van der Waals surface area contributed by atoms with Crippen molar-refractivity contribution in [2.45, 2.75) is 38.6 Å². The molecule has 1 N–H and O–H groups in total. The van der Waals surface area contributed by atoms with Crippen molar-refractivity contribution in [3.63, 3.8) is 0 Å². The first-order chi connectivity index (χ1) is 14.6. The van der Waals surface area contributed by atoms with Crippen molar-refractivity contribution in [2.75, 3.05) is 12.4 Å². The molecule has 1 aromatic heterocycles. The molecule has 0 unspecified atom stereocenters. The summed E-state index contributed by atoms with van der Waals surface area (Å²) in [5.41, 5.74) is 3.46. The number of rotatable bonds is 6. The van der Waals surface area contributed by atoms with Gasteiger partial charge in [-0.1, -0.05) is 18.2 Å². The SMILES string of the molecule is COc1cc([C@H]2Nc3ccccc3C(=O)N2C2CC2)ccc1OCc1csc(C)n1. The molecule has 0 radical (unpaired) electrons. The van der Waals surface area contributed by atoms with Crippen molar-refractivity contribution in [3.05, 3.63) is 69.7 Å². The van der Waals surface area contributed by atoms with E-state index in [-0.39, 0.29) is 18.1 Å². The number of carbonyl (C=O) groups is 1. The van der Waals surface area contributed by atoms with Crippen molar-refractivity contribution >= 4 is 22.9 Å². The van der Waals surface area contributed by atoms with Gasteiger partial charge < -0.3 is 19.7 Å². The third-order valence-electron chi connectivity index (χ3n) is 5.45. The van der Waals surface area contributed by atoms with Gasteiger partial charge in [-0.2, -0.15) is 0 Å². The molecule has 2 aliphatic rings. The van der Waals surface area contributed by atoms with Gasteiger partial charge in [0.15, 0.2) is 11.5 Å². The van der Waals surface area contributed by atoms with Gasteiger partial charge in [-0.05, 0) is 49.6 Å². The number of hydrogen-bond acceptors (Lipinski definition) is 6. The Bertz CT molecular complexity index is 1090. The summed E-state index contributed by atoms with van der Waals surface area (Å²) in [5, 5.41) is 6.56. The Labute approximate surface area is 179 Å². The molecule has 0 spiro atoms. The second kappa shape index (κ2) is 7.65. The van der Waals surface area contributed by atoms with Crippen molar-refractivity contribution in [3.8, 4) is 11.5 Å². The second-order valence-electron chi connectivity index (χ2n) is 7.59. The number of thiazole rings is 1. The minimum absolute atomic E-state index is 0.0787. The molecule has 154 valence electrons. The molecule has 2 aromatic carbocycles. The van der Waals surface area contributed by atoms with Gasteiger partial charge in [-0.3, -0.25) is 4.79 Å². The van der Waals surface area contributed by atoms with Crippen LogP contribution in [0.15, 0.2) is 47.8 Å². The highest BCUT2D eigenvalue weighted by Gasteiger charge is 2.42. The van der Waals surface area contributed by atoms with Gasteiger partial charge in [0, 0.05) is 17.1 Å². The first-order valence-electron chi connectivity index (χ1n) is 10.0. The van der Waals surface area contributed by atoms with Gasteiger partial charge in [0.1, 0.15) is 12.8 Å². The van der Waals surface area contributed by atoms with Crippen molar-refractivity contribution < 1.29 is 14.3 Å². The predicted molar refractivity (Wildman–Crippen MR) is 116 cm³/mol. The molecule has 7 heteroatoms. The topological polar surface area (TPSA) is 63.7 Å². The van der Waals surface area contributed by atoms with E-state index < -0.39 is 0 Å². The van der Waals surface area contributed by atoms with Crippen LogP contribution >= 0.6 is 11.3 Å². The lowest BCUT2D eigenvalue weighted by Gasteiger charge is -2.38. The van der Waals surface area contributed by atoms with Gasteiger partial charge in [0.25, 0.3) is 5.91 Å². The zero-order valence-electron chi connectivity index (χ0n) is 16.9. The third-order valence-corrected chi connectivity index (χ3v) is 6.27. The number of fused-ring (bicyclic) bond motifs is 1. The van der Waals surface area contributed by atoms with E-state index in [9.17, 15) is 4.79 Å². The molecule has 1 atom stereocenters. The largest absolute Gasteiger partial charge is 0.493 e. The van der Waals surface area contributed by atoms with Crippen molar-refractivity contribution in [1.29, 1.82) is 0 Å². The van der Waals surface area contributed by atoms with Crippen LogP contribution in [0.3, 0.4) is 0 Å². The van der Waals surface area contributed by atoms with Gasteiger partial charge in [-0.25, -0.2) is 4.98 Å². The van der Waals surface area contributed by atoms with E-state index in [2.05, 4.69) is 10.3 Å². The van der Waals surface area contributed by atoms with Crippen LogP contribution in [0.5, 0.6) is 11.5 Å². The number of hydrogen-bond donors (Lipinski definition) is 1. The summed E-state index contributed by atoms with van der Waals surface area (Å²) >= 11 is 1.61. The highest BCUT2D eigenvalue weighted by atomic mass is 32.1. The highest BCUT2D eigenvalue weighted by Crippen LogP contribution is 2.42. The number of ether oxygens (including phenoxy) is 2. The Morgan fingerprint density at radius 3 is 2.77 bits per heavy atom. The van der Waals surface area contributed by atoms with Crippen molar-refractivity contribution in [2.24, 2.45) is 0 Å². The third kappa shape index (κ3) is 3.50. The first-order valence-corrected chi connectivity index (χ1v) is 10.9. The summed E-state index contributed by atoms with van der Waals surface area (Å²) in [6.07, 6.45) is 1.85. The van der Waals surface area contributed by atoms with Crippen molar-refractivity contribution in [1.82, 2.24) is 9.88 Å². The maximum Gasteiger partial charge on any atom is 0.258 e. The summed E-state index contributed by atoms with van der Waals surface area (Å²) in [6, 6.07) is 13.8. The summed E-state index contributed by atoms with van der Waals surface area (Å²) in [6.45, 7) is 2.37. The molecule has 1 aliphatic heterocycles. The molecule has 2 heterocycles. The van der Waals surface area contributed by atoms with Gasteiger partial charge in [-0.15, -0.1) is 11.3 Å². The number of benzene rings is 2. The Hall–Kier alpha value is -3.06. The molecule has 3 aromatic rings. The molecule has 30 heavy (non-hydrogen) atoms. The Balaban J connectivity index is 1.43. The number of aryl methyl sites for hydroxylation is 1. The molecule has 0 bridgehead atoms. The molecular weight excluding hydrogens is 398 g/mol. The molecule has 1 saturated carbocycles. The van der Waals surface area contributed by atoms with Gasteiger partial charge >= 0.3 is 0 Å². The lowest BCUT2D eigenvalue weighted by atomic mass is 10.0. The smallest absolute Gasteiger partial charge is 0.258 e. The van der Waals surface area contributed by atoms with E-state index in [1.807, 2.05) is 59.7 Å². The Morgan fingerprint density at radius 2 is 2.03 bits per heavy atom. The highest BCUT2D eigenvalue weighted by molar-refractivity contribution is 7.09. The van der Waals surface area contributed by atoms with Crippen LogP contribution in [0.1, 0.15) is 45.6 Å². The van der Waals surface area contributed by atoms with E-state index in [1.54, 1.807) is 18.4 Å². The number of amides is 1. The zero-order chi connectivity index (χ0) is 20.7. The standard InChI is InChI=1S/C23H23N3O3S/c1-14-24-16(13-30-14)12-29-20-10-7-15(11-21(20)28-2)22-25-19-6-4-3-5-18(19)23(27)26(22)17-8-9-17/h3-7,10-11,13,17,22,25H,8-9,12H2,1-2H3/t22-/m0/s1. The van der Waals surface area contributed by atoms with Crippen LogP contribution in [0, 0.1) is 6.92 Å². The molecule has 1 fully saturated rings. The maximum atomic E-state index is 13.2. The number of para-hydroxylation sites is 1. The van der Waals surface area contributed by atoms with E-state index >= 15 is 0 Å². The summed E-state index contributed by atoms with van der Waals surface area (Å²) in [7, 11) is 1.63. The van der Waals surface area contributed by atoms with E-state index in [0.29, 0.717) is 18.1 Å². The number of aromatic nitrogens is 1. The molecular formula is C23H23N3O3S. The average Bonchev–Trinajstić information content (AvgIpc) is 3.52. The fourth-order valence-electron chi connectivity index (χ4n) is 3.84.